The number of halogens is 5. The molecule has 9 aromatic carbocycles. The Balaban J connectivity index is 0.000000121. The summed E-state index contributed by atoms with van der Waals surface area (Å²) in [7, 11) is 3.47. The van der Waals surface area contributed by atoms with E-state index in [9.17, 15) is 31.9 Å². The topological polar surface area (TPSA) is 327 Å². The highest BCUT2D eigenvalue weighted by molar-refractivity contribution is 6.30. The van der Waals surface area contributed by atoms with Crippen LogP contribution in [0.1, 0.15) is 85.6 Å². The molecule has 2 aliphatic rings. The second kappa shape index (κ2) is 45.5. The Morgan fingerprint density at radius 2 is 0.795 bits per heavy atom. The fourth-order valence-electron chi connectivity index (χ4n) is 16.8. The SMILES string of the molecule is Cc1ccc(-c2cccn3nc(Nc4ccc(C(=O)N(C)C)cc4)nc23)cc1.Cc1cccc(-c2cccn3nc(Nc4ccc(F)cc4)nc23)c1.Cc1cccc(-c2cccn3nc(Nc4ccnc(C)c4)nc23)c1.O=C(NC1CCCCC1)c1ccc(Nc2nc3c(-c4ccc(Cl)cc4)cccn3n2)cc1.O=C(NCCN1CCNCC1)c1ccc(Nc2nc3c(-c4cccc(OC(F)(F)F)c4)cccn3n2)cc1. The number of anilines is 10. The average molecular weight is 1980 g/mol. The van der Waals surface area contributed by atoms with E-state index in [0.29, 0.717) is 86.5 Å². The number of hydrogen-bond acceptors (Lipinski definition) is 22. The molecule has 22 rings (SSSR count). The minimum atomic E-state index is -4.78. The highest BCUT2D eigenvalue weighted by atomic mass is 35.5. The molecule has 736 valence electrons. The molecule has 1 aliphatic carbocycles. The predicted octanol–water partition coefficient (Wildman–Crippen LogP) is 22.4. The summed E-state index contributed by atoms with van der Waals surface area (Å²) in [6, 6.07) is 89.8. The molecule has 3 amide bonds. The van der Waals surface area contributed by atoms with Crippen molar-refractivity contribution in [2.24, 2.45) is 0 Å². The second-order valence-electron chi connectivity index (χ2n) is 35.2. The van der Waals surface area contributed by atoms with E-state index in [0.717, 1.165) is 141 Å². The van der Waals surface area contributed by atoms with Gasteiger partial charge in [0, 0.05) is 180 Å². The molecule has 11 aromatic heterocycles. The van der Waals surface area contributed by atoms with E-state index >= 15 is 0 Å². The van der Waals surface area contributed by atoms with Gasteiger partial charge in [0.05, 0.1) is 0 Å². The Labute approximate surface area is 843 Å². The average Bonchev–Trinajstić information content (AvgIpc) is 1.67. The zero-order chi connectivity index (χ0) is 101. The largest absolute Gasteiger partial charge is 0.573 e. The van der Waals surface area contributed by atoms with Gasteiger partial charge < -0.3 is 52.2 Å². The third kappa shape index (κ3) is 25.4. The van der Waals surface area contributed by atoms with Crippen LogP contribution >= 0.6 is 11.6 Å². The number of nitrogens with zero attached hydrogens (tertiary/aromatic N) is 18. The summed E-state index contributed by atoms with van der Waals surface area (Å²) < 4.78 is 63.6. The van der Waals surface area contributed by atoms with Crippen molar-refractivity contribution in [3.63, 3.8) is 0 Å². The lowest BCUT2D eigenvalue weighted by molar-refractivity contribution is -0.274. The fourth-order valence-corrected chi connectivity index (χ4v) is 16.9. The zero-order valence-corrected chi connectivity index (χ0v) is 81.4. The van der Waals surface area contributed by atoms with Gasteiger partial charge in [0.25, 0.3) is 17.7 Å². The predicted molar refractivity (Wildman–Crippen MR) is 563 cm³/mol. The molecule has 2 fully saturated rings. The van der Waals surface area contributed by atoms with Crippen LogP contribution in [0.2, 0.25) is 5.02 Å². The first-order chi connectivity index (χ1) is 70.9. The molecule has 12 heterocycles. The summed E-state index contributed by atoms with van der Waals surface area (Å²) in [5.41, 5.74) is 23.5. The highest BCUT2D eigenvalue weighted by Crippen LogP contribution is 2.35. The van der Waals surface area contributed by atoms with E-state index < -0.39 is 6.36 Å². The van der Waals surface area contributed by atoms with Crippen LogP contribution in [0.3, 0.4) is 0 Å². The monoisotopic (exact) mass is 1970 g/mol. The summed E-state index contributed by atoms with van der Waals surface area (Å²) >= 11 is 6.02. The third-order valence-corrected chi connectivity index (χ3v) is 24.3. The van der Waals surface area contributed by atoms with Gasteiger partial charge in [0.15, 0.2) is 28.2 Å². The third-order valence-electron chi connectivity index (χ3n) is 24.1. The highest BCUT2D eigenvalue weighted by Gasteiger charge is 2.32. The molecule has 0 bridgehead atoms. The molecular formula is C111H103ClF4N26O4. The van der Waals surface area contributed by atoms with Gasteiger partial charge in [0.2, 0.25) is 29.7 Å². The Bertz CT molecular complexity index is 7950. The number of alkyl halides is 3. The van der Waals surface area contributed by atoms with Crippen molar-refractivity contribution in [1.82, 2.24) is 104 Å². The van der Waals surface area contributed by atoms with Crippen LogP contribution in [0.15, 0.2) is 328 Å². The number of ether oxygens (including phenoxy) is 1. The number of pyridine rings is 6. The fraction of sp³-hybridized carbons (Fsp3) is 0.171. The number of nitrogens with one attached hydrogen (secondary N) is 8. The van der Waals surface area contributed by atoms with Crippen LogP contribution in [0.25, 0.3) is 83.9 Å². The van der Waals surface area contributed by atoms with Crippen LogP contribution in [0.4, 0.5) is 75.7 Å². The lowest BCUT2D eigenvalue weighted by atomic mass is 9.95. The summed E-state index contributed by atoms with van der Waals surface area (Å²) in [4.78, 5) is 68.2. The van der Waals surface area contributed by atoms with Gasteiger partial charge in [0.1, 0.15) is 11.6 Å². The quantitative estimate of drug-likeness (QED) is 0.0276. The molecule has 20 aromatic rings. The first-order valence-electron chi connectivity index (χ1n) is 47.6. The molecule has 146 heavy (non-hydrogen) atoms. The first-order valence-corrected chi connectivity index (χ1v) is 47.9. The van der Waals surface area contributed by atoms with Gasteiger partial charge in [-0.2, -0.15) is 24.9 Å². The Kier molecular flexibility index (Phi) is 30.7. The van der Waals surface area contributed by atoms with E-state index in [1.807, 2.05) is 153 Å². The van der Waals surface area contributed by atoms with E-state index in [2.05, 4.69) is 201 Å². The minimum Gasteiger partial charge on any atom is -0.406 e. The summed E-state index contributed by atoms with van der Waals surface area (Å²) in [5.74, 6) is 1.57. The Morgan fingerprint density at radius 1 is 0.411 bits per heavy atom. The second-order valence-corrected chi connectivity index (χ2v) is 35.7. The normalized spacial score (nSPS) is 12.6. The van der Waals surface area contributed by atoms with Crippen LogP contribution < -0.4 is 47.3 Å². The lowest BCUT2D eigenvalue weighted by Gasteiger charge is -2.27. The Morgan fingerprint density at radius 3 is 1.21 bits per heavy atom. The summed E-state index contributed by atoms with van der Waals surface area (Å²) in [6.45, 7) is 13.5. The number of fused-ring (bicyclic) bond motifs is 5. The van der Waals surface area contributed by atoms with Crippen molar-refractivity contribution in [3.05, 3.63) is 378 Å². The van der Waals surface area contributed by atoms with Gasteiger partial charge >= 0.3 is 6.36 Å². The van der Waals surface area contributed by atoms with Crippen LogP contribution in [0.5, 0.6) is 5.75 Å². The first kappa shape index (κ1) is 98.5. The molecular weight excluding hydrogens is 1870 g/mol. The molecule has 30 nitrogen and oxygen atoms in total. The molecule has 0 unspecified atom stereocenters. The molecule has 35 heteroatoms. The molecule has 8 N–H and O–H groups in total. The summed E-state index contributed by atoms with van der Waals surface area (Å²) in [5, 5.41) is 48.4. The number of carbonyl (C=O) groups is 3. The van der Waals surface area contributed by atoms with Crippen molar-refractivity contribution in [3.8, 4) is 61.4 Å². The zero-order valence-electron chi connectivity index (χ0n) is 80.6. The minimum absolute atomic E-state index is 0.0121. The van der Waals surface area contributed by atoms with Crippen LogP contribution in [-0.4, -0.2) is 171 Å². The van der Waals surface area contributed by atoms with Gasteiger partial charge in [-0.3, -0.25) is 24.3 Å². The van der Waals surface area contributed by atoms with Crippen LogP contribution in [0, 0.1) is 33.5 Å². The van der Waals surface area contributed by atoms with Gasteiger partial charge in [-0.1, -0.05) is 145 Å². The Hall–Kier alpha value is -17.6. The summed E-state index contributed by atoms with van der Waals surface area (Å²) in [6.07, 6.45) is 12.0. The molecule has 0 atom stereocenters. The molecule has 0 radical (unpaired) electrons. The van der Waals surface area contributed by atoms with E-state index in [1.54, 1.807) is 116 Å². The molecule has 1 aliphatic heterocycles. The number of hydrogen-bond donors (Lipinski definition) is 8. The molecule has 1 saturated heterocycles. The maximum Gasteiger partial charge on any atom is 0.573 e. The molecule has 0 spiro atoms. The number of carbonyl (C=O) groups excluding carboxylic acids is 3. The van der Waals surface area contributed by atoms with Gasteiger partial charge in [-0.25, -0.2) is 27.0 Å². The lowest BCUT2D eigenvalue weighted by Crippen LogP contribution is -2.46. The van der Waals surface area contributed by atoms with Crippen molar-refractivity contribution in [2.45, 2.75) is 72.2 Å². The van der Waals surface area contributed by atoms with E-state index in [4.69, 9.17) is 11.6 Å². The number of benzene rings is 9. The number of aromatic nitrogens is 16. The standard InChI is InChI=1S/C26H26F3N7O2.C25H24ClN5O.C22H21N5O.C19H15FN4.C19H17N5/c27-26(28,29)38-21-4-1-3-19(17-21)22-5-2-13-36-23(22)33-25(34-36)32-20-8-6-18(7-9-20)24(37)31-12-16-35-14-10-30-11-15-35;26-19-12-8-17(9-13-19)22-7-4-16-31-23(22)29-25(30-31)28-21-14-10-18(11-15-21)24(32)27-20-5-2-1-3-6-20;1-15-6-8-16(9-7-15)19-5-4-14-27-20(19)24-22(25-27)23-18-12-10-17(11-13-18)21(28)26(2)3;1-13-4-2-5-14(12-13)17-6-3-11-24-18(17)22-19(23-24)21-16-9-7-15(20)8-10-16;1-13-5-3-6-15(11-13)17-7-4-10-24-18(17)22-19(23-24)21-16-8-9-20-14(2)12-16/h1-9,13,17,30H,10-12,14-16H2,(H,31,37)(H,32,34);4,7-16,20H,1-3,5-6H2,(H,27,32)(H,28,30);4-14H,1-3H3,(H,23,25);2-12H,1H3,(H,21,23);3-12H,1-2H3,(H,20,21,23). The molecule has 1 saturated carbocycles. The van der Waals surface area contributed by atoms with Crippen molar-refractivity contribution >= 4 is 116 Å². The maximum absolute atomic E-state index is 13.0. The van der Waals surface area contributed by atoms with Crippen molar-refractivity contribution in [1.29, 1.82) is 0 Å². The van der Waals surface area contributed by atoms with E-state index in [1.165, 1.54) is 70.8 Å². The van der Waals surface area contributed by atoms with Gasteiger partial charge in [-0.05, 0) is 262 Å². The van der Waals surface area contributed by atoms with Crippen molar-refractivity contribution in [2.75, 3.05) is 79.9 Å². The number of amides is 3. The number of piperazine rings is 1. The van der Waals surface area contributed by atoms with Crippen molar-refractivity contribution < 1.29 is 36.7 Å². The maximum atomic E-state index is 13.0. The van der Waals surface area contributed by atoms with E-state index in [-0.39, 0.29) is 29.3 Å². The smallest absolute Gasteiger partial charge is 0.406 e. The number of rotatable bonds is 23. The van der Waals surface area contributed by atoms with Gasteiger partial charge in [-0.15, -0.1) is 38.7 Å². The number of aryl methyl sites for hydroxylation is 4. The van der Waals surface area contributed by atoms with Crippen LogP contribution in [-0.2, 0) is 0 Å².